The van der Waals surface area contributed by atoms with Crippen molar-refractivity contribution < 1.29 is 22.7 Å². The molecule has 0 spiro atoms. The summed E-state index contributed by atoms with van der Waals surface area (Å²) in [6, 6.07) is 12.4. The molecule has 1 unspecified atom stereocenters. The van der Waals surface area contributed by atoms with E-state index in [0.717, 1.165) is 12.8 Å². The average molecular weight is 463 g/mol. The van der Waals surface area contributed by atoms with Crippen LogP contribution in [-0.4, -0.2) is 55.7 Å². The number of piperidine rings is 1. The van der Waals surface area contributed by atoms with Crippen molar-refractivity contribution >= 4 is 33.2 Å². The maximum absolute atomic E-state index is 13.0. The van der Waals surface area contributed by atoms with E-state index in [0.29, 0.717) is 35.7 Å². The highest BCUT2D eigenvalue weighted by molar-refractivity contribution is 7.91. The molecule has 1 aromatic heterocycles. The fourth-order valence-electron chi connectivity index (χ4n) is 4.07. The minimum Gasteiger partial charge on any atom is -0.447 e. The van der Waals surface area contributed by atoms with Crippen LogP contribution in [-0.2, 0) is 24.3 Å². The number of benzene rings is 1. The van der Waals surface area contributed by atoms with Crippen LogP contribution in [0.4, 0.5) is 0 Å². The Morgan fingerprint density at radius 3 is 2.26 bits per heavy atom. The van der Waals surface area contributed by atoms with E-state index >= 15 is 0 Å². The van der Waals surface area contributed by atoms with Gasteiger partial charge in [0.1, 0.15) is 4.21 Å². The van der Waals surface area contributed by atoms with Crippen LogP contribution in [0.15, 0.2) is 52.1 Å². The van der Waals surface area contributed by atoms with E-state index in [2.05, 4.69) is 0 Å². The third kappa shape index (κ3) is 4.83. The second kappa shape index (κ2) is 9.50. The number of rotatable bonds is 6. The van der Waals surface area contributed by atoms with Crippen molar-refractivity contribution in [3.05, 3.63) is 53.4 Å². The summed E-state index contributed by atoms with van der Waals surface area (Å²) in [4.78, 5) is 27.7. The van der Waals surface area contributed by atoms with Crippen molar-refractivity contribution in [1.29, 1.82) is 0 Å². The minimum atomic E-state index is -3.52. The molecule has 1 amide bonds. The van der Waals surface area contributed by atoms with Gasteiger partial charge in [0.15, 0.2) is 0 Å². The molecule has 1 atom stereocenters. The summed E-state index contributed by atoms with van der Waals surface area (Å²) in [7, 11) is -3.52. The van der Waals surface area contributed by atoms with E-state index in [1.165, 1.54) is 15.6 Å². The van der Waals surface area contributed by atoms with Gasteiger partial charge in [-0.1, -0.05) is 36.4 Å². The second-order valence-corrected chi connectivity index (χ2v) is 11.0. The lowest BCUT2D eigenvalue weighted by Gasteiger charge is -2.31. The molecule has 4 rings (SSSR count). The Bertz CT molecular complexity index is 994. The van der Waals surface area contributed by atoms with Crippen LogP contribution in [0.3, 0.4) is 0 Å². The Kier molecular flexibility index (Phi) is 6.74. The van der Waals surface area contributed by atoms with E-state index in [1.807, 2.05) is 18.2 Å². The zero-order chi connectivity index (χ0) is 21.8. The van der Waals surface area contributed by atoms with Crippen molar-refractivity contribution in [2.24, 2.45) is 5.92 Å². The molecule has 0 aliphatic carbocycles. The van der Waals surface area contributed by atoms with Gasteiger partial charge in [-0.05, 0) is 37.1 Å². The van der Waals surface area contributed by atoms with Crippen molar-refractivity contribution in [1.82, 2.24) is 9.21 Å². The van der Waals surface area contributed by atoms with Gasteiger partial charge in [-0.15, -0.1) is 11.3 Å². The molecule has 0 radical (unpaired) electrons. The molecular weight excluding hydrogens is 436 g/mol. The van der Waals surface area contributed by atoms with Gasteiger partial charge in [0.25, 0.3) is 15.9 Å². The fraction of sp³-hybridized carbons (Fsp3) is 0.455. The Labute approximate surface area is 186 Å². The minimum absolute atomic E-state index is 0.185. The lowest BCUT2D eigenvalue weighted by Crippen LogP contribution is -2.41. The SMILES string of the molecule is O=C(OC(C(=O)N1CCCC1)c1ccccc1)C1CCN(S(=O)(=O)c2cccs2)CC1. The number of ether oxygens (including phenoxy) is 1. The van der Waals surface area contributed by atoms with Gasteiger partial charge in [0, 0.05) is 31.7 Å². The molecule has 7 nitrogen and oxygen atoms in total. The average Bonchev–Trinajstić information content (AvgIpc) is 3.52. The number of carbonyl (C=O) groups is 2. The Morgan fingerprint density at radius 2 is 1.65 bits per heavy atom. The summed E-state index contributed by atoms with van der Waals surface area (Å²) < 4.78 is 32.9. The van der Waals surface area contributed by atoms with Gasteiger partial charge in [0.05, 0.1) is 5.92 Å². The number of hydrogen-bond donors (Lipinski definition) is 0. The summed E-state index contributed by atoms with van der Waals surface area (Å²) >= 11 is 1.19. The Hall–Kier alpha value is -2.23. The summed E-state index contributed by atoms with van der Waals surface area (Å²) in [6.45, 7) is 1.88. The fourth-order valence-corrected chi connectivity index (χ4v) is 6.69. The van der Waals surface area contributed by atoms with Crippen LogP contribution in [0.5, 0.6) is 0 Å². The molecule has 0 bridgehead atoms. The third-order valence-electron chi connectivity index (χ3n) is 5.85. The van der Waals surface area contributed by atoms with E-state index in [1.54, 1.807) is 34.5 Å². The van der Waals surface area contributed by atoms with Gasteiger partial charge in [-0.25, -0.2) is 8.42 Å². The smallest absolute Gasteiger partial charge is 0.310 e. The number of esters is 1. The van der Waals surface area contributed by atoms with Gasteiger partial charge in [-0.2, -0.15) is 4.31 Å². The summed E-state index contributed by atoms with van der Waals surface area (Å²) in [5.41, 5.74) is 0.658. The highest BCUT2D eigenvalue weighted by atomic mass is 32.2. The predicted octanol–water partition coefficient (Wildman–Crippen LogP) is 3.06. The van der Waals surface area contributed by atoms with Gasteiger partial charge in [0.2, 0.25) is 6.10 Å². The lowest BCUT2D eigenvalue weighted by molar-refractivity contribution is -0.164. The van der Waals surface area contributed by atoms with Crippen LogP contribution in [0.25, 0.3) is 0 Å². The first-order valence-electron chi connectivity index (χ1n) is 10.5. The quantitative estimate of drug-likeness (QED) is 0.616. The monoisotopic (exact) mass is 462 g/mol. The molecule has 2 aliphatic rings. The Morgan fingerprint density at radius 1 is 0.968 bits per heavy atom. The molecule has 0 saturated carbocycles. The van der Waals surface area contributed by atoms with E-state index in [4.69, 9.17) is 4.74 Å². The standard InChI is InChI=1S/C22H26N2O5S2/c25-21(23-12-4-5-13-23)20(17-7-2-1-3-8-17)29-22(26)18-10-14-24(15-11-18)31(27,28)19-9-6-16-30-19/h1-3,6-9,16,18,20H,4-5,10-15H2. The summed E-state index contributed by atoms with van der Waals surface area (Å²) in [5, 5.41) is 1.73. The van der Waals surface area contributed by atoms with Crippen molar-refractivity contribution in [3.63, 3.8) is 0 Å². The molecule has 166 valence electrons. The van der Waals surface area contributed by atoms with Gasteiger partial charge >= 0.3 is 5.97 Å². The van der Waals surface area contributed by atoms with E-state index in [-0.39, 0.29) is 19.0 Å². The van der Waals surface area contributed by atoms with Crippen LogP contribution in [0, 0.1) is 5.92 Å². The molecule has 2 aromatic rings. The number of likely N-dealkylation sites (tertiary alicyclic amines) is 1. The van der Waals surface area contributed by atoms with E-state index in [9.17, 15) is 18.0 Å². The van der Waals surface area contributed by atoms with Crippen LogP contribution < -0.4 is 0 Å². The highest BCUT2D eigenvalue weighted by Gasteiger charge is 2.36. The molecule has 2 fully saturated rings. The molecule has 3 heterocycles. The molecule has 31 heavy (non-hydrogen) atoms. The number of carbonyl (C=O) groups excluding carboxylic acids is 2. The van der Waals surface area contributed by atoms with Crippen molar-refractivity contribution in [2.75, 3.05) is 26.2 Å². The Balaban J connectivity index is 1.42. The zero-order valence-electron chi connectivity index (χ0n) is 17.2. The normalized spacial score (nSPS) is 19.3. The summed E-state index contributed by atoms with van der Waals surface area (Å²) in [6.07, 6.45) is 1.71. The third-order valence-corrected chi connectivity index (χ3v) is 9.13. The maximum atomic E-state index is 13.0. The first-order chi connectivity index (χ1) is 15.0. The molecular formula is C22H26N2O5S2. The molecule has 9 heteroatoms. The molecule has 2 saturated heterocycles. The highest BCUT2D eigenvalue weighted by Crippen LogP contribution is 2.29. The van der Waals surface area contributed by atoms with Gasteiger partial charge < -0.3 is 9.64 Å². The van der Waals surface area contributed by atoms with Crippen LogP contribution in [0.2, 0.25) is 0 Å². The van der Waals surface area contributed by atoms with E-state index < -0.39 is 28.0 Å². The number of thiophene rings is 1. The van der Waals surface area contributed by atoms with Crippen LogP contribution >= 0.6 is 11.3 Å². The number of nitrogens with zero attached hydrogens (tertiary/aromatic N) is 2. The largest absolute Gasteiger partial charge is 0.447 e. The predicted molar refractivity (Wildman–Crippen MR) is 117 cm³/mol. The zero-order valence-corrected chi connectivity index (χ0v) is 18.8. The molecule has 2 aliphatic heterocycles. The molecule has 1 aromatic carbocycles. The number of sulfonamides is 1. The first-order valence-corrected chi connectivity index (χ1v) is 12.9. The lowest BCUT2D eigenvalue weighted by atomic mass is 9.98. The summed E-state index contributed by atoms with van der Waals surface area (Å²) in [5.74, 6) is -1.04. The number of hydrogen-bond acceptors (Lipinski definition) is 6. The van der Waals surface area contributed by atoms with Gasteiger partial charge in [-0.3, -0.25) is 9.59 Å². The number of amides is 1. The topological polar surface area (TPSA) is 84.0 Å². The van der Waals surface area contributed by atoms with Crippen molar-refractivity contribution in [3.8, 4) is 0 Å². The first kappa shape index (κ1) is 22.0. The maximum Gasteiger partial charge on any atom is 0.310 e. The van der Waals surface area contributed by atoms with Crippen LogP contribution in [0.1, 0.15) is 37.4 Å². The second-order valence-electron chi connectivity index (χ2n) is 7.87. The van der Waals surface area contributed by atoms with Crippen molar-refractivity contribution in [2.45, 2.75) is 36.0 Å². The molecule has 0 N–H and O–H groups in total.